The van der Waals surface area contributed by atoms with Crippen LogP contribution in [0.2, 0.25) is 0 Å². The monoisotopic (exact) mass is 345 g/mol. The fourth-order valence-corrected chi connectivity index (χ4v) is 2.14. The second-order valence-corrected chi connectivity index (χ2v) is 6.23. The van der Waals surface area contributed by atoms with E-state index in [-0.39, 0.29) is 11.6 Å². The van der Waals surface area contributed by atoms with E-state index in [1.54, 1.807) is 6.20 Å². The van der Waals surface area contributed by atoms with Gasteiger partial charge in [0.15, 0.2) is 0 Å². The molecule has 0 amide bonds. The lowest BCUT2D eigenvalue weighted by Gasteiger charge is -2.22. The van der Waals surface area contributed by atoms with Gasteiger partial charge >= 0.3 is 0 Å². The summed E-state index contributed by atoms with van der Waals surface area (Å²) in [4.78, 5) is 14.2. The largest absolute Gasteiger partial charge is 0.378 e. The predicted molar refractivity (Wildman–Crippen MR) is 86.1 cm³/mol. The first kappa shape index (κ1) is 17.1. The van der Waals surface area contributed by atoms with Crippen molar-refractivity contribution >= 4 is 21.6 Å². The first-order chi connectivity index (χ1) is 9.36. The number of nitrogens with one attached hydrogen (secondary N) is 1. The van der Waals surface area contributed by atoms with Gasteiger partial charge in [-0.3, -0.25) is 4.79 Å². The maximum absolute atomic E-state index is 12.2. The average Bonchev–Trinajstić information content (AvgIpc) is 2.38. The minimum absolute atomic E-state index is 0.116. The highest BCUT2D eigenvalue weighted by atomic mass is 79.9. The van der Waals surface area contributed by atoms with Crippen LogP contribution in [-0.4, -0.2) is 47.9 Å². The third kappa shape index (κ3) is 4.57. The molecule has 1 aromatic heterocycles. The molecule has 7 heteroatoms. The van der Waals surface area contributed by atoms with Crippen LogP contribution in [0.25, 0.3) is 0 Å². The minimum atomic E-state index is -0.128. The van der Waals surface area contributed by atoms with Crippen molar-refractivity contribution in [3.8, 4) is 0 Å². The Morgan fingerprint density at radius 2 is 2.15 bits per heavy atom. The first-order valence-electron chi connectivity index (χ1n) is 6.73. The number of hydrogen-bond acceptors (Lipinski definition) is 5. The fourth-order valence-electron chi connectivity index (χ4n) is 1.72. The van der Waals surface area contributed by atoms with Crippen LogP contribution in [0.1, 0.15) is 13.8 Å². The van der Waals surface area contributed by atoms with Gasteiger partial charge in [0.25, 0.3) is 5.56 Å². The molecule has 0 saturated heterocycles. The van der Waals surface area contributed by atoms with Crippen LogP contribution < -0.4 is 16.6 Å². The van der Waals surface area contributed by atoms with Crippen LogP contribution in [0.15, 0.2) is 15.5 Å². The SMILES string of the molecule is CC(C)C(CN)Nc1cnn(CCN(C)C)c(=O)c1Br. The Bertz CT molecular complexity index is 486. The molecule has 6 nitrogen and oxygen atoms in total. The molecule has 1 aromatic rings. The number of hydrogen-bond donors (Lipinski definition) is 2. The Balaban J connectivity index is 2.91. The van der Waals surface area contributed by atoms with Gasteiger partial charge in [0.05, 0.1) is 18.4 Å². The van der Waals surface area contributed by atoms with Gasteiger partial charge in [-0.15, -0.1) is 0 Å². The van der Waals surface area contributed by atoms with E-state index >= 15 is 0 Å². The number of rotatable bonds is 7. The summed E-state index contributed by atoms with van der Waals surface area (Å²) >= 11 is 3.35. The smallest absolute Gasteiger partial charge is 0.283 e. The molecule has 0 fully saturated rings. The summed E-state index contributed by atoms with van der Waals surface area (Å²) in [5, 5.41) is 7.47. The normalized spacial score (nSPS) is 13.0. The highest BCUT2D eigenvalue weighted by Gasteiger charge is 2.15. The summed E-state index contributed by atoms with van der Waals surface area (Å²) in [6, 6.07) is 0.116. The summed E-state index contributed by atoms with van der Waals surface area (Å²) in [5.74, 6) is 0.378. The number of nitrogens with two attached hydrogens (primary N) is 1. The predicted octanol–water partition coefficient (Wildman–Crippen LogP) is 0.963. The molecular weight excluding hydrogens is 322 g/mol. The summed E-state index contributed by atoms with van der Waals surface area (Å²) < 4.78 is 1.97. The van der Waals surface area contributed by atoms with Crippen molar-refractivity contribution in [2.75, 3.05) is 32.5 Å². The number of likely N-dealkylation sites (N-methyl/N-ethyl adjacent to an activating group) is 1. The van der Waals surface area contributed by atoms with Gasteiger partial charge in [0.2, 0.25) is 0 Å². The van der Waals surface area contributed by atoms with Crippen molar-refractivity contribution < 1.29 is 0 Å². The molecule has 0 bridgehead atoms. The molecule has 0 saturated carbocycles. The summed E-state index contributed by atoms with van der Waals surface area (Å²) in [7, 11) is 3.93. The molecule has 114 valence electrons. The molecule has 1 unspecified atom stereocenters. The third-order valence-electron chi connectivity index (χ3n) is 3.14. The second kappa shape index (κ2) is 7.75. The van der Waals surface area contributed by atoms with Crippen LogP contribution in [0, 0.1) is 5.92 Å². The molecule has 0 aliphatic heterocycles. The molecule has 3 N–H and O–H groups in total. The fraction of sp³-hybridized carbons (Fsp3) is 0.692. The van der Waals surface area contributed by atoms with Gasteiger partial charge in [0.1, 0.15) is 4.47 Å². The van der Waals surface area contributed by atoms with Gasteiger partial charge in [-0.25, -0.2) is 4.68 Å². The van der Waals surface area contributed by atoms with Gasteiger partial charge in [-0.2, -0.15) is 5.10 Å². The molecule has 0 aromatic carbocycles. The van der Waals surface area contributed by atoms with Crippen molar-refractivity contribution in [1.29, 1.82) is 0 Å². The van der Waals surface area contributed by atoms with E-state index in [2.05, 4.69) is 40.2 Å². The molecule has 1 atom stereocenters. The van der Waals surface area contributed by atoms with Gasteiger partial charge in [-0.05, 0) is 35.9 Å². The first-order valence-corrected chi connectivity index (χ1v) is 7.53. The molecule has 0 aliphatic rings. The van der Waals surface area contributed by atoms with E-state index < -0.39 is 0 Å². The zero-order chi connectivity index (χ0) is 15.3. The van der Waals surface area contributed by atoms with Crippen molar-refractivity contribution in [2.45, 2.75) is 26.4 Å². The highest BCUT2D eigenvalue weighted by Crippen LogP contribution is 2.18. The average molecular weight is 346 g/mol. The summed E-state index contributed by atoms with van der Waals surface area (Å²) in [6.45, 7) is 6.01. The molecule has 0 spiro atoms. The van der Waals surface area contributed by atoms with Crippen LogP contribution in [0.5, 0.6) is 0 Å². The lowest BCUT2D eigenvalue weighted by atomic mass is 10.0. The zero-order valence-corrected chi connectivity index (χ0v) is 14.1. The standard InChI is InChI=1S/C13H24BrN5O/c1-9(2)10(7-15)17-11-8-16-19(6-5-18(3)4)13(20)12(11)14/h8-10,17H,5-7,15H2,1-4H3. The van der Waals surface area contributed by atoms with Gasteiger partial charge < -0.3 is 16.0 Å². The lowest BCUT2D eigenvalue weighted by Crippen LogP contribution is -2.35. The van der Waals surface area contributed by atoms with E-state index in [0.29, 0.717) is 29.2 Å². The quantitative estimate of drug-likeness (QED) is 0.769. The molecule has 0 aliphatic carbocycles. The van der Waals surface area contributed by atoms with Crippen LogP contribution in [0.3, 0.4) is 0 Å². The van der Waals surface area contributed by atoms with Crippen molar-refractivity contribution in [1.82, 2.24) is 14.7 Å². The van der Waals surface area contributed by atoms with Crippen LogP contribution in [0.4, 0.5) is 5.69 Å². The Morgan fingerprint density at radius 3 is 2.65 bits per heavy atom. The second-order valence-electron chi connectivity index (χ2n) is 5.43. The Labute approximate surface area is 128 Å². The van der Waals surface area contributed by atoms with Crippen molar-refractivity contribution in [3.05, 3.63) is 21.0 Å². The minimum Gasteiger partial charge on any atom is -0.378 e. The maximum Gasteiger partial charge on any atom is 0.283 e. The summed E-state index contributed by atoms with van der Waals surface area (Å²) in [6.07, 6.45) is 1.67. The van der Waals surface area contributed by atoms with Gasteiger partial charge in [-0.1, -0.05) is 13.8 Å². The van der Waals surface area contributed by atoms with Crippen molar-refractivity contribution in [2.24, 2.45) is 11.7 Å². The highest BCUT2D eigenvalue weighted by molar-refractivity contribution is 9.10. The summed E-state index contributed by atoms with van der Waals surface area (Å²) in [5.41, 5.74) is 6.30. The van der Waals surface area contributed by atoms with E-state index in [1.165, 1.54) is 4.68 Å². The molecule has 0 radical (unpaired) electrons. The molecule has 1 rings (SSSR count). The van der Waals surface area contributed by atoms with Gasteiger partial charge in [0, 0.05) is 19.1 Å². The number of aromatic nitrogens is 2. The Hall–Kier alpha value is -0.920. The van der Waals surface area contributed by atoms with Crippen LogP contribution >= 0.6 is 15.9 Å². The van der Waals surface area contributed by atoms with E-state index in [9.17, 15) is 4.79 Å². The third-order valence-corrected chi connectivity index (χ3v) is 3.91. The van der Waals surface area contributed by atoms with E-state index in [1.807, 2.05) is 19.0 Å². The number of anilines is 1. The topological polar surface area (TPSA) is 76.2 Å². The van der Waals surface area contributed by atoms with Crippen LogP contribution in [-0.2, 0) is 6.54 Å². The van der Waals surface area contributed by atoms with E-state index in [0.717, 1.165) is 6.54 Å². The lowest BCUT2D eigenvalue weighted by molar-refractivity contribution is 0.367. The number of halogens is 1. The maximum atomic E-state index is 12.2. The molecule has 20 heavy (non-hydrogen) atoms. The number of nitrogens with zero attached hydrogens (tertiary/aromatic N) is 3. The van der Waals surface area contributed by atoms with Crippen molar-refractivity contribution in [3.63, 3.8) is 0 Å². The Kier molecular flexibility index (Phi) is 6.64. The van der Waals surface area contributed by atoms with E-state index in [4.69, 9.17) is 5.73 Å². The molecule has 1 heterocycles. The molecular formula is C13H24BrN5O. The zero-order valence-electron chi connectivity index (χ0n) is 12.6. The Morgan fingerprint density at radius 1 is 1.50 bits per heavy atom.